The summed E-state index contributed by atoms with van der Waals surface area (Å²) in [7, 11) is 1.85. The van der Waals surface area contributed by atoms with Gasteiger partial charge in [-0.25, -0.2) is 0 Å². The van der Waals surface area contributed by atoms with E-state index in [1.807, 2.05) is 14.0 Å². The lowest BCUT2D eigenvalue weighted by Crippen LogP contribution is -2.63. The van der Waals surface area contributed by atoms with Crippen molar-refractivity contribution in [2.24, 2.45) is 51.8 Å². The van der Waals surface area contributed by atoms with E-state index in [2.05, 4.69) is 27.7 Å². The molecule has 2 saturated heterocycles. The van der Waals surface area contributed by atoms with Crippen molar-refractivity contribution in [2.45, 2.75) is 175 Å². The molecule has 1 spiro atoms. The van der Waals surface area contributed by atoms with E-state index in [-0.39, 0.29) is 41.2 Å². The number of carbonyl (C=O) groups is 4. The average molecular weight is 777 g/mol. The molecule has 0 radical (unpaired) electrons. The summed E-state index contributed by atoms with van der Waals surface area (Å²) >= 11 is 0. The average Bonchev–Trinajstić information content (AvgIpc) is 3.54. The standard InChI is InChI=1S/C42H64O13/c1-21(2)11-12-30(46)22(3)42(47)33(18-29-27-17-32(48-10)41-19-26(41)13-15-38(41,7)28(27)14-16-39(29,42)8)53-40(9)54-36-35(51-25(6)45)34(50-24(5)44)31(20-49-23(4)43)52-37(36)55-40/h21-22,26-29,31-37,47H,11-20H2,1-10H3/t22-,26-,27-,28+,29+,31-,32-,33+,34-,35+,36-,37+,38-,39+,40?,41+,42-/m1/s1. The molecule has 13 heteroatoms. The van der Waals surface area contributed by atoms with Gasteiger partial charge in [0.2, 0.25) is 0 Å². The van der Waals surface area contributed by atoms with Gasteiger partial charge in [0.25, 0.3) is 5.97 Å². The highest BCUT2D eigenvalue weighted by atomic mass is 16.9. The quantitative estimate of drug-likeness (QED) is 0.202. The van der Waals surface area contributed by atoms with Gasteiger partial charge in [0.05, 0.1) is 12.2 Å². The molecular weight excluding hydrogens is 712 g/mol. The van der Waals surface area contributed by atoms with E-state index in [9.17, 15) is 24.3 Å². The molecule has 0 bridgehead atoms. The van der Waals surface area contributed by atoms with Gasteiger partial charge in [-0.2, -0.15) is 0 Å². The summed E-state index contributed by atoms with van der Waals surface area (Å²) in [5.41, 5.74) is -1.86. The van der Waals surface area contributed by atoms with Crippen LogP contribution in [0, 0.1) is 51.8 Å². The van der Waals surface area contributed by atoms with E-state index >= 15 is 0 Å². The van der Waals surface area contributed by atoms with Crippen molar-refractivity contribution < 1.29 is 62.2 Å². The van der Waals surface area contributed by atoms with Crippen LogP contribution in [-0.4, -0.2) is 97.0 Å². The van der Waals surface area contributed by atoms with E-state index in [0.29, 0.717) is 31.1 Å². The lowest BCUT2D eigenvalue weighted by Gasteiger charge is -2.61. The number of hydrogen-bond donors (Lipinski definition) is 1. The van der Waals surface area contributed by atoms with E-state index in [4.69, 9.17) is 37.9 Å². The van der Waals surface area contributed by atoms with Gasteiger partial charge in [0, 0.05) is 58.0 Å². The number of carbonyl (C=O) groups excluding carboxylic acids is 4. The van der Waals surface area contributed by atoms with Crippen LogP contribution in [-0.2, 0) is 57.1 Å². The molecule has 0 aromatic carbocycles. The summed E-state index contributed by atoms with van der Waals surface area (Å²) < 4.78 is 48.9. The van der Waals surface area contributed by atoms with Gasteiger partial charge < -0.3 is 38.3 Å². The number of aliphatic hydroxyl groups is 1. The van der Waals surface area contributed by atoms with Gasteiger partial charge in [-0.1, -0.05) is 34.6 Å². The zero-order valence-corrected chi connectivity index (χ0v) is 34.4. The number of Topliss-reactive ketones (excluding diaryl/α,β-unsaturated/α-hetero) is 1. The first-order chi connectivity index (χ1) is 25.7. The fourth-order valence-electron chi connectivity index (χ4n) is 13.3. The van der Waals surface area contributed by atoms with Crippen molar-refractivity contribution in [1.82, 2.24) is 0 Å². The molecule has 2 heterocycles. The van der Waals surface area contributed by atoms with E-state index in [0.717, 1.165) is 25.2 Å². The van der Waals surface area contributed by atoms with E-state index in [1.54, 1.807) is 6.92 Å². The number of ketones is 1. The van der Waals surface area contributed by atoms with Crippen LogP contribution in [0.2, 0.25) is 0 Å². The van der Waals surface area contributed by atoms with Crippen LogP contribution in [0.5, 0.6) is 0 Å². The fourth-order valence-corrected chi connectivity index (χ4v) is 13.3. The molecule has 13 nitrogen and oxygen atoms in total. The second-order valence-corrected chi connectivity index (χ2v) is 19.0. The summed E-state index contributed by atoms with van der Waals surface area (Å²) in [6, 6.07) is 0. The van der Waals surface area contributed by atoms with Crippen molar-refractivity contribution in [3.05, 3.63) is 0 Å². The summed E-state index contributed by atoms with van der Waals surface area (Å²) in [6.45, 7) is 15.6. The number of ether oxygens (including phenoxy) is 8. The monoisotopic (exact) mass is 776 g/mol. The number of fused-ring (bicyclic) bond motifs is 5. The zero-order chi connectivity index (χ0) is 40.0. The minimum atomic E-state index is -1.84. The second kappa shape index (κ2) is 14.3. The van der Waals surface area contributed by atoms with E-state index in [1.165, 1.54) is 40.0 Å². The Kier molecular flexibility index (Phi) is 10.7. The van der Waals surface area contributed by atoms with Crippen molar-refractivity contribution in [3.63, 3.8) is 0 Å². The van der Waals surface area contributed by atoms with Gasteiger partial charge >= 0.3 is 17.9 Å². The Morgan fingerprint density at radius 1 is 0.836 bits per heavy atom. The number of methoxy groups -OCH3 is 1. The Hall–Kier alpha value is -2.16. The van der Waals surface area contributed by atoms with Crippen LogP contribution in [0.4, 0.5) is 0 Å². The normalized spacial score (nSPS) is 48.5. The Morgan fingerprint density at radius 3 is 2.13 bits per heavy atom. The van der Waals surface area contributed by atoms with Crippen molar-refractivity contribution in [3.8, 4) is 0 Å². The third-order valence-corrected chi connectivity index (χ3v) is 15.9. The lowest BCUT2D eigenvalue weighted by atomic mass is 9.44. The van der Waals surface area contributed by atoms with Crippen LogP contribution in [0.3, 0.4) is 0 Å². The number of esters is 3. The van der Waals surface area contributed by atoms with Gasteiger partial charge in [-0.3, -0.25) is 23.9 Å². The molecule has 5 saturated carbocycles. The van der Waals surface area contributed by atoms with Crippen molar-refractivity contribution >= 4 is 23.7 Å². The maximum atomic E-state index is 14.1. The van der Waals surface area contributed by atoms with Gasteiger partial charge in [0.15, 0.2) is 24.6 Å². The van der Waals surface area contributed by atoms with Gasteiger partial charge in [-0.05, 0) is 86.4 Å². The smallest absolute Gasteiger partial charge is 0.303 e. The molecule has 310 valence electrons. The summed E-state index contributed by atoms with van der Waals surface area (Å²) in [4.78, 5) is 50.6. The molecule has 1 unspecified atom stereocenters. The van der Waals surface area contributed by atoms with Crippen LogP contribution < -0.4 is 0 Å². The highest BCUT2D eigenvalue weighted by Gasteiger charge is 2.79. The minimum Gasteiger partial charge on any atom is -0.463 e. The van der Waals surface area contributed by atoms with Crippen LogP contribution in [0.15, 0.2) is 0 Å². The predicted molar refractivity (Wildman–Crippen MR) is 195 cm³/mol. The Balaban J connectivity index is 1.22. The maximum absolute atomic E-state index is 14.1. The zero-order valence-electron chi connectivity index (χ0n) is 34.4. The summed E-state index contributed by atoms with van der Waals surface area (Å²) in [5.74, 6) is -2.66. The van der Waals surface area contributed by atoms with Crippen LogP contribution >= 0.6 is 0 Å². The van der Waals surface area contributed by atoms with Crippen LogP contribution in [0.25, 0.3) is 0 Å². The molecular formula is C42H64O13. The molecule has 7 fully saturated rings. The topological polar surface area (TPSA) is 162 Å². The Bertz CT molecular complexity index is 1530. The molecule has 0 amide bonds. The third kappa shape index (κ3) is 6.40. The number of rotatable bonds is 12. The maximum Gasteiger partial charge on any atom is 0.303 e. The summed E-state index contributed by atoms with van der Waals surface area (Å²) in [6.07, 6.45) is 1.37. The predicted octanol–water partition coefficient (Wildman–Crippen LogP) is 5.26. The first-order valence-electron chi connectivity index (χ1n) is 20.7. The minimum absolute atomic E-state index is 0.00221. The van der Waals surface area contributed by atoms with Gasteiger partial charge in [0.1, 0.15) is 24.1 Å². The molecule has 55 heavy (non-hydrogen) atoms. The third-order valence-electron chi connectivity index (χ3n) is 15.9. The second-order valence-electron chi connectivity index (χ2n) is 19.0. The highest BCUT2D eigenvalue weighted by molar-refractivity contribution is 5.82. The molecule has 7 rings (SSSR count). The largest absolute Gasteiger partial charge is 0.463 e. The molecule has 2 aliphatic heterocycles. The highest BCUT2D eigenvalue weighted by Crippen LogP contribution is 2.82. The molecule has 7 aliphatic rings. The SMILES string of the molecule is CO[C@@H]1C[C@H]2[C@@H]3C[C@H](OC4(C)O[C@@H]5O[C@H](COC(C)=O)[C@@H](OC(C)=O)[C@H](OC(C)=O)[C@H]5O4)[C@](O)([C@H](C)C(=O)CCC(C)C)[C@@]3(C)CC[C@@H]2[C@@]2(C)CC[C@@H]3C[C@]312. The molecule has 0 aromatic heterocycles. The molecule has 1 N–H and O–H groups in total. The lowest BCUT2D eigenvalue weighted by molar-refractivity contribution is -0.375. The summed E-state index contributed by atoms with van der Waals surface area (Å²) in [5, 5.41) is 13.4. The van der Waals surface area contributed by atoms with Crippen molar-refractivity contribution in [2.75, 3.05) is 13.7 Å². The van der Waals surface area contributed by atoms with E-state index < -0.39 is 77.6 Å². The Morgan fingerprint density at radius 2 is 1.51 bits per heavy atom. The first-order valence-corrected chi connectivity index (χ1v) is 20.7. The van der Waals surface area contributed by atoms with Crippen LogP contribution in [0.1, 0.15) is 120 Å². The van der Waals surface area contributed by atoms with Crippen molar-refractivity contribution in [1.29, 1.82) is 0 Å². The molecule has 5 aliphatic carbocycles. The number of hydrogen-bond acceptors (Lipinski definition) is 13. The van der Waals surface area contributed by atoms with Gasteiger partial charge in [-0.15, -0.1) is 0 Å². The Labute approximate surface area is 325 Å². The fraction of sp³-hybridized carbons (Fsp3) is 0.905. The molecule has 17 atom stereocenters. The first kappa shape index (κ1) is 41.0. The molecule has 0 aromatic rings.